The van der Waals surface area contributed by atoms with Crippen molar-refractivity contribution in [3.8, 4) is 0 Å². The molecule has 0 unspecified atom stereocenters. The predicted octanol–water partition coefficient (Wildman–Crippen LogP) is 1.93. The third-order valence-electron chi connectivity index (χ3n) is 1.75. The number of unbranched alkanes of at least 4 members (excludes halogenated alkanes) is 2. The molecule has 15 heavy (non-hydrogen) atoms. The first-order valence-corrected chi connectivity index (χ1v) is 4.96. The first-order chi connectivity index (χ1) is 7.06. The molecule has 0 spiro atoms. The summed E-state index contributed by atoms with van der Waals surface area (Å²) < 4.78 is 43.0. The lowest BCUT2D eigenvalue weighted by atomic mass is 10.2. The van der Waals surface area contributed by atoms with Gasteiger partial charge in [-0.1, -0.05) is 0 Å². The monoisotopic (exact) mass is 229 g/mol. The van der Waals surface area contributed by atoms with Gasteiger partial charge in [0, 0.05) is 20.3 Å². The van der Waals surface area contributed by atoms with E-state index in [1.807, 2.05) is 0 Å². The molecule has 0 amide bonds. The molecule has 0 atom stereocenters. The smallest absolute Gasteiger partial charge is 0.385 e. The highest BCUT2D eigenvalue weighted by atomic mass is 19.4. The number of rotatable bonds is 9. The third-order valence-corrected chi connectivity index (χ3v) is 1.75. The topological polar surface area (TPSA) is 30.5 Å². The Morgan fingerprint density at radius 2 is 1.73 bits per heavy atom. The van der Waals surface area contributed by atoms with Crippen LogP contribution in [0.1, 0.15) is 19.3 Å². The van der Waals surface area contributed by atoms with E-state index in [0.717, 1.165) is 25.9 Å². The number of hydrogen-bond acceptors (Lipinski definition) is 3. The Kier molecular flexibility index (Phi) is 8.74. The van der Waals surface area contributed by atoms with Crippen molar-refractivity contribution < 1.29 is 22.6 Å². The minimum Gasteiger partial charge on any atom is -0.385 e. The summed E-state index contributed by atoms with van der Waals surface area (Å²) in [4.78, 5) is 0. The molecular formula is C9H18F3NO2. The Labute approximate surface area is 87.9 Å². The molecule has 0 bridgehead atoms. The van der Waals surface area contributed by atoms with Crippen LogP contribution >= 0.6 is 0 Å². The highest BCUT2D eigenvalue weighted by Gasteiger charge is 2.28. The van der Waals surface area contributed by atoms with E-state index in [4.69, 9.17) is 4.74 Å². The maximum atomic E-state index is 11.5. The molecule has 0 saturated heterocycles. The number of alkyl halides is 3. The zero-order valence-corrected chi connectivity index (χ0v) is 8.90. The van der Waals surface area contributed by atoms with E-state index in [2.05, 4.69) is 10.1 Å². The van der Waals surface area contributed by atoms with Crippen molar-refractivity contribution in [2.75, 3.05) is 33.4 Å². The van der Waals surface area contributed by atoms with E-state index in [0.29, 0.717) is 6.54 Å². The van der Waals surface area contributed by atoms with Gasteiger partial charge in [0.2, 0.25) is 0 Å². The molecule has 0 radical (unpaired) electrons. The highest BCUT2D eigenvalue weighted by Crippen LogP contribution is 2.14. The van der Waals surface area contributed by atoms with Crippen LogP contribution in [0.3, 0.4) is 0 Å². The lowest BCUT2D eigenvalue weighted by molar-refractivity contribution is -0.323. The van der Waals surface area contributed by atoms with Crippen LogP contribution in [0.4, 0.5) is 13.2 Å². The van der Waals surface area contributed by atoms with Crippen molar-refractivity contribution in [1.82, 2.24) is 5.32 Å². The second-order valence-electron chi connectivity index (χ2n) is 3.10. The molecular weight excluding hydrogens is 211 g/mol. The molecule has 0 aromatic rings. The van der Waals surface area contributed by atoms with Crippen molar-refractivity contribution in [3.63, 3.8) is 0 Å². The molecule has 0 aromatic heterocycles. The normalized spacial score (nSPS) is 12.0. The van der Waals surface area contributed by atoms with E-state index in [9.17, 15) is 13.2 Å². The van der Waals surface area contributed by atoms with Gasteiger partial charge in [0.25, 0.3) is 0 Å². The average molecular weight is 229 g/mol. The maximum absolute atomic E-state index is 11.5. The van der Waals surface area contributed by atoms with E-state index in [1.165, 1.54) is 0 Å². The van der Waals surface area contributed by atoms with Gasteiger partial charge in [-0.2, -0.15) is 0 Å². The van der Waals surface area contributed by atoms with Crippen LogP contribution in [0.2, 0.25) is 0 Å². The molecule has 0 saturated carbocycles. The van der Waals surface area contributed by atoms with Crippen LogP contribution < -0.4 is 5.32 Å². The van der Waals surface area contributed by atoms with E-state index < -0.39 is 6.36 Å². The summed E-state index contributed by atoms with van der Waals surface area (Å²) in [6.45, 7) is 1.34. The summed E-state index contributed by atoms with van der Waals surface area (Å²) >= 11 is 0. The molecule has 0 aliphatic carbocycles. The summed E-state index contributed by atoms with van der Waals surface area (Å²) in [5.74, 6) is 0. The summed E-state index contributed by atoms with van der Waals surface area (Å²) in [5, 5.41) is 2.87. The van der Waals surface area contributed by atoms with Gasteiger partial charge < -0.3 is 10.1 Å². The standard InChI is InChI=1S/C9H18F3NO2/c1-14-7-4-2-3-5-13-6-8-15-9(10,11)12/h13H,2-8H2,1H3. The van der Waals surface area contributed by atoms with E-state index in [-0.39, 0.29) is 13.2 Å². The Morgan fingerprint density at radius 1 is 1.00 bits per heavy atom. The minimum absolute atomic E-state index is 0.226. The fraction of sp³-hybridized carbons (Fsp3) is 1.00. The zero-order valence-electron chi connectivity index (χ0n) is 8.90. The predicted molar refractivity (Wildman–Crippen MR) is 50.6 cm³/mol. The fourth-order valence-corrected chi connectivity index (χ4v) is 1.04. The summed E-state index contributed by atoms with van der Waals surface area (Å²) in [6, 6.07) is 0. The molecule has 3 nitrogen and oxygen atoms in total. The molecule has 0 aliphatic rings. The Hall–Kier alpha value is -0.330. The molecule has 0 aliphatic heterocycles. The van der Waals surface area contributed by atoms with Crippen molar-refractivity contribution in [2.45, 2.75) is 25.6 Å². The quantitative estimate of drug-likeness (QED) is 0.613. The molecule has 6 heteroatoms. The number of halogens is 3. The van der Waals surface area contributed by atoms with Crippen LogP contribution in [-0.2, 0) is 9.47 Å². The Bertz CT molecular complexity index is 142. The number of ether oxygens (including phenoxy) is 2. The maximum Gasteiger partial charge on any atom is 0.522 e. The minimum atomic E-state index is -4.51. The SMILES string of the molecule is COCCCCCNCCOC(F)(F)F. The zero-order chi connectivity index (χ0) is 11.6. The van der Waals surface area contributed by atoms with Crippen LogP contribution in [0.5, 0.6) is 0 Å². The molecule has 1 N–H and O–H groups in total. The molecule has 0 aromatic carbocycles. The Balaban J connectivity index is 2.99. The van der Waals surface area contributed by atoms with Gasteiger partial charge in [0.1, 0.15) is 0 Å². The van der Waals surface area contributed by atoms with Crippen molar-refractivity contribution in [3.05, 3.63) is 0 Å². The number of methoxy groups -OCH3 is 1. The van der Waals surface area contributed by atoms with E-state index >= 15 is 0 Å². The van der Waals surface area contributed by atoms with Crippen LogP contribution in [0.15, 0.2) is 0 Å². The van der Waals surface area contributed by atoms with Gasteiger partial charge in [-0.15, -0.1) is 13.2 Å². The average Bonchev–Trinajstić information content (AvgIpc) is 2.14. The fourth-order valence-electron chi connectivity index (χ4n) is 1.04. The largest absolute Gasteiger partial charge is 0.522 e. The van der Waals surface area contributed by atoms with Crippen molar-refractivity contribution in [2.24, 2.45) is 0 Å². The molecule has 0 rings (SSSR count). The van der Waals surface area contributed by atoms with E-state index in [1.54, 1.807) is 7.11 Å². The molecule has 0 heterocycles. The van der Waals surface area contributed by atoms with Gasteiger partial charge in [-0.3, -0.25) is 4.74 Å². The first-order valence-electron chi connectivity index (χ1n) is 4.96. The van der Waals surface area contributed by atoms with Gasteiger partial charge in [0.15, 0.2) is 0 Å². The Morgan fingerprint density at radius 3 is 2.33 bits per heavy atom. The summed E-state index contributed by atoms with van der Waals surface area (Å²) in [5.41, 5.74) is 0. The summed E-state index contributed by atoms with van der Waals surface area (Å²) in [7, 11) is 1.65. The molecule has 0 fully saturated rings. The van der Waals surface area contributed by atoms with Crippen LogP contribution in [-0.4, -0.2) is 39.8 Å². The lowest BCUT2D eigenvalue weighted by Gasteiger charge is -2.08. The van der Waals surface area contributed by atoms with Gasteiger partial charge >= 0.3 is 6.36 Å². The van der Waals surface area contributed by atoms with Crippen LogP contribution in [0.25, 0.3) is 0 Å². The van der Waals surface area contributed by atoms with Gasteiger partial charge in [-0.05, 0) is 25.8 Å². The van der Waals surface area contributed by atoms with Crippen molar-refractivity contribution in [1.29, 1.82) is 0 Å². The van der Waals surface area contributed by atoms with Gasteiger partial charge in [0.05, 0.1) is 6.61 Å². The molecule has 92 valence electrons. The second-order valence-corrected chi connectivity index (χ2v) is 3.10. The number of nitrogens with one attached hydrogen (secondary N) is 1. The third kappa shape index (κ3) is 13.7. The van der Waals surface area contributed by atoms with Crippen LogP contribution in [0, 0.1) is 0 Å². The second kappa shape index (κ2) is 8.94. The van der Waals surface area contributed by atoms with Crippen molar-refractivity contribution >= 4 is 0 Å². The lowest BCUT2D eigenvalue weighted by Crippen LogP contribution is -2.25. The number of hydrogen-bond donors (Lipinski definition) is 1. The first kappa shape index (κ1) is 14.7. The summed E-state index contributed by atoms with van der Waals surface area (Å²) in [6.07, 6.45) is -1.58. The van der Waals surface area contributed by atoms with Gasteiger partial charge in [-0.25, -0.2) is 0 Å². The highest BCUT2D eigenvalue weighted by molar-refractivity contribution is 4.48.